The van der Waals surface area contributed by atoms with Gasteiger partial charge in [0.15, 0.2) is 0 Å². The number of hydrogen-bond acceptors (Lipinski definition) is 5. The standard InChI is InChI=1S/C13H14N2O5/c16-12-10(2-1-3-11(12)15(18)19)13(17)14-6-8-4-5-9(7-14)20-8/h1-3,8-9,16H,4-7H2. The number of phenols is 1. The second-order valence-corrected chi connectivity index (χ2v) is 5.10. The molecule has 2 aliphatic rings. The van der Waals surface area contributed by atoms with Crippen LogP contribution in [-0.4, -0.2) is 46.1 Å². The third-order valence-electron chi connectivity index (χ3n) is 3.77. The number of ether oxygens (including phenoxy) is 1. The third-order valence-corrected chi connectivity index (χ3v) is 3.77. The van der Waals surface area contributed by atoms with E-state index in [0.29, 0.717) is 13.1 Å². The first-order valence-electron chi connectivity index (χ1n) is 6.47. The molecule has 2 saturated heterocycles. The normalized spacial score (nSPS) is 24.7. The van der Waals surface area contributed by atoms with Crippen LogP contribution < -0.4 is 0 Å². The van der Waals surface area contributed by atoms with Crippen molar-refractivity contribution in [1.82, 2.24) is 4.90 Å². The van der Waals surface area contributed by atoms with E-state index in [1.54, 1.807) is 4.90 Å². The summed E-state index contributed by atoms with van der Waals surface area (Å²) in [5.74, 6) is -0.951. The molecule has 2 heterocycles. The Morgan fingerprint density at radius 3 is 2.60 bits per heavy atom. The van der Waals surface area contributed by atoms with E-state index in [-0.39, 0.29) is 23.7 Å². The van der Waals surface area contributed by atoms with Crippen LogP contribution in [0.1, 0.15) is 23.2 Å². The Morgan fingerprint density at radius 2 is 2.00 bits per heavy atom. The maximum Gasteiger partial charge on any atom is 0.311 e. The number of morpholine rings is 1. The summed E-state index contributed by atoms with van der Waals surface area (Å²) in [5, 5.41) is 20.7. The summed E-state index contributed by atoms with van der Waals surface area (Å²) in [6.45, 7) is 0.939. The molecule has 0 aliphatic carbocycles. The second-order valence-electron chi connectivity index (χ2n) is 5.10. The SMILES string of the molecule is O=C(c1cccc([N+](=O)[O-])c1O)N1CC2CCC(C1)O2. The van der Waals surface area contributed by atoms with Gasteiger partial charge in [0, 0.05) is 19.2 Å². The zero-order valence-electron chi connectivity index (χ0n) is 10.7. The molecule has 1 N–H and O–H groups in total. The number of phenolic OH excluding ortho intramolecular Hbond substituents is 1. The Labute approximate surface area is 114 Å². The van der Waals surface area contributed by atoms with E-state index in [9.17, 15) is 20.0 Å². The van der Waals surface area contributed by atoms with Crippen molar-refractivity contribution in [2.24, 2.45) is 0 Å². The van der Waals surface area contributed by atoms with E-state index in [4.69, 9.17) is 4.74 Å². The number of carbonyl (C=O) groups is 1. The molecule has 7 nitrogen and oxygen atoms in total. The molecule has 106 valence electrons. The molecule has 0 aromatic heterocycles. The molecule has 2 atom stereocenters. The quantitative estimate of drug-likeness (QED) is 0.650. The van der Waals surface area contributed by atoms with Crippen LogP contribution in [0.25, 0.3) is 0 Å². The number of hydrogen-bond donors (Lipinski definition) is 1. The van der Waals surface area contributed by atoms with Gasteiger partial charge in [-0.3, -0.25) is 14.9 Å². The van der Waals surface area contributed by atoms with Gasteiger partial charge in [-0.25, -0.2) is 0 Å². The Kier molecular flexibility index (Phi) is 3.06. The number of fused-ring (bicyclic) bond motifs is 2. The molecule has 0 saturated carbocycles. The highest BCUT2D eigenvalue weighted by Gasteiger charge is 2.37. The van der Waals surface area contributed by atoms with E-state index in [2.05, 4.69) is 0 Å². The average molecular weight is 278 g/mol. The lowest BCUT2D eigenvalue weighted by atomic mass is 10.1. The molecule has 2 fully saturated rings. The van der Waals surface area contributed by atoms with Gasteiger partial charge >= 0.3 is 5.69 Å². The first-order chi connectivity index (χ1) is 9.56. The fourth-order valence-electron chi connectivity index (χ4n) is 2.80. The Balaban J connectivity index is 1.87. The molecular weight excluding hydrogens is 264 g/mol. The van der Waals surface area contributed by atoms with Gasteiger partial charge < -0.3 is 14.7 Å². The summed E-state index contributed by atoms with van der Waals surface area (Å²) in [7, 11) is 0. The Hall–Kier alpha value is -2.15. The molecule has 0 spiro atoms. The van der Waals surface area contributed by atoms with Crippen LogP contribution in [-0.2, 0) is 4.74 Å². The van der Waals surface area contributed by atoms with Crippen molar-refractivity contribution in [2.45, 2.75) is 25.0 Å². The Morgan fingerprint density at radius 1 is 1.35 bits per heavy atom. The summed E-state index contributed by atoms with van der Waals surface area (Å²) < 4.78 is 5.64. The summed E-state index contributed by atoms with van der Waals surface area (Å²) in [6.07, 6.45) is 1.93. The maximum atomic E-state index is 12.4. The number of carbonyl (C=O) groups excluding carboxylic acids is 1. The molecule has 1 amide bonds. The Bertz CT molecular complexity index is 562. The van der Waals surface area contributed by atoms with Crippen LogP contribution in [0.4, 0.5) is 5.69 Å². The number of nitrogens with zero attached hydrogens (tertiary/aromatic N) is 2. The van der Waals surface area contributed by atoms with Crippen molar-refractivity contribution in [2.75, 3.05) is 13.1 Å². The topological polar surface area (TPSA) is 92.9 Å². The fourth-order valence-corrected chi connectivity index (χ4v) is 2.80. The molecular formula is C13H14N2O5. The average Bonchev–Trinajstić information content (AvgIpc) is 2.76. The molecule has 1 aromatic rings. The number of nitro benzene ring substituents is 1. The molecule has 2 bridgehead atoms. The van der Waals surface area contributed by atoms with Gasteiger partial charge in [-0.2, -0.15) is 0 Å². The van der Waals surface area contributed by atoms with Crippen molar-refractivity contribution < 1.29 is 19.6 Å². The van der Waals surface area contributed by atoms with Crippen molar-refractivity contribution >= 4 is 11.6 Å². The van der Waals surface area contributed by atoms with E-state index in [1.165, 1.54) is 18.2 Å². The van der Waals surface area contributed by atoms with Gasteiger partial charge in [-0.1, -0.05) is 6.07 Å². The highest BCUT2D eigenvalue weighted by atomic mass is 16.6. The highest BCUT2D eigenvalue weighted by Crippen LogP contribution is 2.32. The molecule has 7 heteroatoms. The lowest BCUT2D eigenvalue weighted by molar-refractivity contribution is -0.385. The number of nitro groups is 1. The zero-order chi connectivity index (χ0) is 14.3. The van der Waals surface area contributed by atoms with Gasteiger partial charge in [0.2, 0.25) is 5.75 Å². The lowest BCUT2D eigenvalue weighted by Gasteiger charge is -2.32. The number of amides is 1. The van der Waals surface area contributed by atoms with E-state index in [1.807, 2.05) is 0 Å². The van der Waals surface area contributed by atoms with E-state index >= 15 is 0 Å². The molecule has 0 radical (unpaired) electrons. The minimum Gasteiger partial charge on any atom is -0.502 e. The van der Waals surface area contributed by atoms with Crippen molar-refractivity contribution in [3.63, 3.8) is 0 Å². The first kappa shape index (κ1) is 12.9. The predicted molar refractivity (Wildman–Crippen MR) is 68.6 cm³/mol. The van der Waals surface area contributed by atoms with Crippen molar-refractivity contribution in [1.29, 1.82) is 0 Å². The lowest BCUT2D eigenvalue weighted by Crippen LogP contribution is -2.45. The molecule has 1 aromatic carbocycles. The van der Waals surface area contributed by atoms with Crippen LogP contribution >= 0.6 is 0 Å². The number of benzene rings is 1. The largest absolute Gasteiger partial charge is 0.502 e. The number of aromatic hydroxyl groups is 1. The number of rotatable bonds is 2. The zero-order valence-corrected chi connectivity index (χ0v) is 10.7. The summed E-state index contributed by atoms with van der Waals surface area (Å²) in [6, 6.07) is 3.98. The second kappa shape index (κ2) is 4.75. The van der Waals surface area contributed by atoms with Crippen LogP contribution in [0, 0.1) is 10.1 Å². The van der Waals surface area contributed by atoms with Crippen LogP contribution in [0.5, 0.6) is 5.75 Å². The maximum absolute atomic E-state index is 12.4. The van der Waals surface area contributed by atoms with Gasteiger partial charge in [-0.05, 0) is 18.9 Å². The fraction of sp³-hybridized carbons (Fsp3) is 0.462. The van der Waals surface area contributed by atoms with Gasteiger partial charge in [0.05, 0.1) is 22.7 Å². The summed E-state index contributed by atoms with van der Waals surface area (Å²) >= 11 is 0. The van der Waals surface area contributed by atoms with Crippen LogP contribution in [0.2, 0.25) is 0 Å². The van der Waals surface area contributed by atoms with Gasteiger partial charge in [0.1, 0.15) is 0 Å². The monoisotopic (exact) mass is 278 g/mol. The third kappa shape index (κ3) is 2.09. The van der Waals surface area contributed by atoms with Gasteiger partial charge in [0.25, 0.3) is 5.91 Å². The molecule has 20 heavy (non-hydrogen) atoms. The number of likely N-dealkylation sites (tertiary alicyclic amines) is 1. The molecule has 2 aliphatic heterocycles. The number of para-hydroxylation sites is 1. The van der Waals surface area contributed by atoms with Crippen molar-refractivity contribution in [3.05, 3.63) is 33.9 Å². The van der Waals surface area contributed by atoms with Crippen LogP contribution in [0.3, 0.4) is 0 Å². The predicted octanol–water partition coefficient (Wildman–Crippen LogP) is 1.30. The molecule has 3 rings (SSSR count). The molecule has 2 unspecified atom stereocenters. The van der Waals surface area contributed by atoms with E-state index in [0.717, 1.165) is 12.8 Å². The first-order valence-corrected chi connectivity index (χ1v) is 6.47. The highest BCUT2D eigenvalue weighted by molar-refractivity contribution is 5.98. The minimum atomic E-state index is -0.699. The van der Waals surface area contributed by atoms with Crippen LogP contribution in [0.15, 0.2) is 18.2 Å². The van der Waals surface area contributed by atoms with Gasteiger partial charge in [-0.15, -0.1) is 0 Å². The summed E-state index contributed by atoms with van der Waals surface area (Å²) in [4.78, 5) is 24.1. The minimum absolute atomic E-state index is 0.0273. The smallest absolute Gasteiger partial charge is 0.311 e. The summed E-state index contributed by atoms with van der Waals surface area (Å²) in [5.41, 5.74) is -0.479. The van der Waals surface area contributed by atoms with Crippen molar-refractivity contribution in [3.8, 4) is 5.75 Å². The van der Waals surface area contributed by atoms with E-state index < -0.39 is 16.4 Å².